The second-order valence-electron chi connectivity index (χ2n) is 7.56. The summed E-state index contributed by atoms with van der Waals surface area (Å²) in [6.07, 6.45) is -0.569. The molecule has 0 saturated carbocycles. The Balaban J connectivity index is 1.71. The van der Waals surface area contributed by atoms with Gasteiger partial charge in [0.15, 0.2) is 0 Å². The van der Waals surface area contributed by atoms with Gasteiger partial charge in [-0.15, -0.1) is 0 Å². The maximum absolute atomic E-state index is 15.0. The molecule has 0 aromatic heterocycles. The molecule has 2 unspecified atom stereocenters. The zero-order valence-electron chi connectivity index (χ0n) is 15.4. The molecule has 2 bridgehead atoms. The van der Waals surface area contributed by atoms with E-state index in [9.17, 15) is 9.59 Å². The number of nitrogens with zero attached hydrogens (tertiary/aromatic N) is 1. The van der Waals surface area contributed by atoms with Crippen LogP contribution >= 0.6 is 0 Å². The van der Waals surface area contributed by atoms with Crippen LogP contribution in [0.25, 0.3) is 0 Å². The predicted molar refractivity (Wildman–Crippen MR) is 94.4 cm³/mol. The summed E-state index contributed by atoms with van der Waals surface area (Å²) in [6.45, 7) is 1.80. The highest BCUT2D eigenvalue weighted by Crippen LogP contribution is 2.43. The van der Waals surface area contributed by atoms with Crippen molar-refractivity contribution < 1.29 is 27.8 Å². The zero-order valence-corrected chi connectivity index (χ0v) is 15.4. The smallest absolute Gasteiger partial charge is 0.410 e. The first-order valence-corrected chi connectivity index (χ1v) is 9.27. The number of ether oxygens (including phenoxy) is 2. The number of rotatable bonds is 4. The van der Waals surface area contributed by atoms with Crippen molar-refractivity contribution in [3.63, 3.8) is 0 Å². The number of amides is 1. The normalized spacial score (nSPS) is 27.4. The minimum Gasteiger partial charge on any atom is -0.445 e. The highest BCUT2D eigenvalue weighted by Gasteiger charge is 2.51. The third-order valence-corrected chi connectivity index (χ3v) is 5.30. The van der Waals surface area contributed by atoms with E-state index in [1.54, 1.807) is 0 Å². The Morgan fingerprint density at radius 3 is 2.67 bits per heavy atom. The van der Waals surface area contributed by atoms with Crippen LogP contribution in [0.1, 0.15) is 25.3 Å². The number of ketones is 1. The van der Waals surface area contributed by atoms with Crippen LogP contribution in [-0.2, 0) is 20.9 Å². The quantitative estimate of drug-likeness (QED) is 0.801. The van der Waals surface area contributed by atoms with Crippen LogP contribution in [0.2, 0.25) is 0 Å². The lowest BCUT2D eigenvalue weighted by molar-refractivity contribution is -0.172. The number of halogens is 2. The van der Waals surface area contributed by atoms with Crippen molar-refractivity contribution in [1.29, 1.82) is 0 Å². The molecule has 0 N–H and O–H groups in total. The minimum atomic E-state index is -3.07. The number of alkyl halides is 2. The Kier molecular flexibility index (Phi) is 6.09. The molecule has 27 heavy (non-hydrogen) atoms. The van der Waals surface area contributed by atoms with Gasteiger partial charge in [0.05, 0.1) is 19.1 Å². The van der Waals surface area contributed by atoms with Gasteiger partial charge >= 0.3 is 6.09 Å². The standard InChI is InChI=1S/C20H25F2NO4/c1-14(24)7-17-8-16-9-23(10-18(13-26-11-16)20(17,21)22)19(25)27-12-15-5-3-2-4-6-15/h2-6,16-18H,7-13H2,1H3/t16?,17-,18?/m0/s1. The number of hydrogen-bond acceptors (Lipinski definition) is 4. The third-order valence-electron chi connectivity index (χ3n) is 5.30. The molecular formula is C20H25F2NO4. The van der Waals surface area contributed by atoms with E-state index in [-0.39, 0.29) is 44.3 Å². The molecule has 5 nitrogen and oxygen atoms in total. The van der Waals surface area contributed by atoms with Gasteiger partial charge in [-0.1, -0.05) is 30.3 Å². The molecule has 3 heterocycles. The molecule has 0 aliphatic carbocycles. The van der Waals surface area contributed by atoms with Gasteiger partial charge in [-0.2, -0.15) is 0 Å². The second-order valence-corrected chi connectivity index (χ2v) is 7.56. The summed E-state index contributed by atoms with van der Waals surface area (Å²) in [5.41, 5.74) is 0.841. The summed E-state index contributed by atoms with van der Waals surface area (Å²) in [5.74, 6) is -5.70. The van der Waals surface area contributed by atoms with Gasteiger partial charge in [-0.05, 0) is 18.9 Å². The number of hydrogen-bond donors (Lipinski definition) is 0. The van der Waals surface area contributed by atoms with Crippen LogP contribution in [0.4, 0.5) is 13.6 Å². The van der Waals surface area contributed by atoms with E-state index in [0.717, 1.165) is 5.56 Å². The fraction of sp³-hybridized carbons (Fsp3) is 0.600. The number of carbonyl (C=O) groups is 2. The summed E-state index contributed by atoms with van der Waals surface area (Å²) in [6, 6.07) is 9.23. The van der Waals surface area contributed by atoms with E-state index >= 15 is 8.78 Å². The van der Waals surface area contributed by atoms with Gasteiger partial charge in [0, 0.05) is 31.3 Å². The number of Topliss-reactive ketones (excluding diaryl/α,β-unsaturated/α-hetero) is 1. The first-order valence-electron chi connectivity index (χ1n) is 9.27. The largest absolute Gasteiger partial charge is 0.445 e. The Labute approximate surface area is 157 Å². The van der Waals surface area contributed by atoms with Crippen molar-refractivity contribution in [3.8, 4) is 0 Å². The van der Waals surface area contributed by atoms with Gasteiger partial charge in [0.25, 0.3) is 5.92 Å². The average Bonchev–Trinajstić information content (AvgIpc) is 2.60. The summed E-state index contributed by atoms with van der Waals surface area (Å²) >= 11 is 0. The molecule has 0 spiro atoms. The molecule has 1 amide bonds. The Morgan fingerprint density at radius 1 is 1.22 bits per heavy atom. The highest BCUT2D eigenvalue weighted by molar-refractivity contribution is 5.75. The monoisotopic (exact) mass is 381 g/mol. The van der Waals surface area contributed by atoms with E-state index in [1.807, 2.05) is 30.3 Å². The van der Waals surface area contributed by atoms with E-state index in [1.165, 1.54) is 11.8 Å². The fourth-order valence-corrected chi connectivity index (χ4v) is 3.93. The van der Waals surface area contributed by atoms with Gasteiger partial charge in [0.2, 0.25) is 0 Å². The first kappa shape index (κ1) is 19.7. The van der Waals surface area contributed by atoms with Gasteiger partial charge in [0.1, 0.15) is 12.4 Å². The van der Waals surface area contributed by atoms with E-state index in [0.29, 0.717) is 13.2 Å². The highest BCUT2D eigenvalue weighted by atomic mass is 19.3. The lowest BCUT2D eigenvalue weighted by atomic mass is 9.78. The molecule has 4 rings (SSSR count). The van der Waals surface area contributed by atoms with Crippen molar-refractivity contribution in [2.24, 2.45) is 17.8 Å². The van der Waals surface area contributed by atoms with Crippen LogP contribution < -0.4 is 0 Å². The van der Waals surface area contributed by atoms with Crippen molar-refractivity contribution in [3.05, 3.63) is 35.9 Å². The zero-order chi connectivity index (χ0) is 19.4. The molecule has 0 radical (unpaired) electrons. The van der Waals surface area contributed by atoms with E-state index in [2.05, 4.69) is 0 Å². The summed E-state index contributed by atoms with van der Waals surface area (Å²) < 4.78 is 40.8. The Hall–Kier alpha value is -2.02. The minimum absolute atomic E-state index is 0.103. The van der Waals surface area contributed by atoms with Crippen LogP contribution in [0.15, 0.2) is 30.3 Å². The number of fused-ring (bicyclic) bond motifs is 6. The van der Waals surface area contributed by atoms with E-state index < -0.39 is 23.9 Å². The first-order chi connectivity index (χ1) is 12.9. The lowest BCUT2D eigenvalue weighted by Gasteiger charge is -2.43. The van der Waals surface area contributed by atoms with Crippen LogP contribution in [-0.4, -0.2) is 49.0 Å². The van der Waals surface area contributed by atoms with Crippen molar-refractivity contribution in [2.75, 3.05) is 26.3 Å². The predicted octanol–water partition coefficient (Wildman–Crippen LogP) is 3.52. The molecule has 3 aliphatic heterocycles. The van der Waals surface area contributed by atoms with Crippen LogP contribution in [0.5, 0.6) is 0 Å². The SMILES string of the molecule is CC(=O)C[C@H]1CC2COCC(CN(C(=O)OCc3ccccc3)C2)C1(F)F. The molecule has 1 aromatic carbocycles. The van der Waals surface area contributed by atoms with Crippen molar-refractivity contribution in [1.82, 2.24) is 4.90 Å². The Morgan fingerprint density at radius 2 is 1.96 bits per heavy atom. The summed E-state index contributed by atoms with van der Waals surface area (Å²) in [5, 5.41) is 0. The van der Waals surface area contributed by atoms with E-state index in [4.69, 9.17) is 9.47 Å². The molecule has 1 aromatic rings. The molecule has 148 valence electrons. The number of carbonyl (C=O) groups excluding carboxylic acids is 2. The van der Waals surface area contributed by atoms with Gasteiger partial charge < -0.3 is 19.2 Å². The fourth-order valence-electron chi connectivity index (χ4n) is 3.93. The molecule has 7 heteroatoms. The maximum Gasteiger partial charge on any atom is 0.410 e. The molecule has 3 fully saturated rings. The summed E-state index contributed by atoms with van der Waals surface area (Å²) in [7, 11) is 0. The topological polar surface area (TPSA) is 55.8 Å². The molecular weight excluding hydrogens is 356 g/mol. The second kappa shape index (κ2) is 8.33. The van der Waals surface area contributed by atoms with Crippen molar-refractivity contribution >= 4 is 11.9 Å². The van der Waals surface area contributed by atoms with Crippen LogP contribution in [0, 0.1) is 17.8 Å². The molecule has 3 saturated heterocycles. The Bertz CT molecular complexity index is 667. The lowest BCUT2D eigenvalue weighted by Crippen LogP contribution is -2.54. The van der Waals surface area contributed by atoms with Crippen LogP contribution in [0.3, 0.4) is 0 Å². The van der Waals surface area contributed by atoms with Gasteiger partial charge in [-0.25, -0.2) is 13.6 Å². The summed E-state index contributed by atoms with van der Waals surface area (Å²) in [4.78, 5) is 25.3. The van der Waals surface area contributed by atoms with Gasteiger partial charge in [-0.3, -0.25) is 0 Å². The number of benzene rings is 1. The third kappa shape index (κ3) is 4.83. The molecule has 3 atom stereocenters. The average molecular weight is 381 g/mol. The molecule has 3 aliphatic rings. The maximum atomic E-state index is 15.0. The van der Waals surface area contributed by atoms with Crippen molar-refractivity contribution in [2.45, 2.75) is 32.3 Å².